The quantitative estimate of drug-likeness (QED) is 0.815. The van der Waals surface area contributed by atoms with E-state index in [2.05, 4.69) is 5.32 Å². The van der Waals surface area contributed by atoms with Crippen LogP contribution in [0.1, 0.15) is 15.9 Å². The zero-order valence-corrected chi connectivity index (χ0v) is 10.2. The molecule has 0 aliphatic carbocycles. The number of alkyl halides is 3. The summed E-state index contributed by atoms with van der Waals surface area (Å²) in [6.07, 6.45) is -4.90. The van der Waals surface area contributed by atoms with E-state index >= 15 is 0 Å². The fourth-order valence-electron chi connectivity index (χ4n) is 1.38. The Kier molecular flexibility index (Phi) is 4.91. The van der Waals surface area contributed by atoms with Crippen LogP contribution in [0.3, 0.4) is 0 Å². The van der Waals surface area contributed by atoms with Gasteiger partial charge in [0, 0.05) is 18.7 Å². The Balaban J connectivity index is 2.37. The van der Waals surface area contributed by atoms with Gasteiger partial charge in [-0.1, -0.05) is 18.2 Å². The fraction of sp³-hybridized carbons (Fsp3) is 0.333. The first-order chi connectivity index (χ1) is 8.82. The minimum Gasteiger partial charge on any atom is -0.350 e. The molecule has 0 atom stereocenters. The summed E-state index contributed by atoms with van der Waals surface area (Å²) in [7, 11) is 0. The minimum absolute atomic E-state index is 0.0744. The van der Waals surface area contributed by atoms with E-state index in [1.54, 1.807) is 36.5 Å². The number of halogens is 3. The largest absolute Gasteiger partial charge is 0.471 e. The number of carbonyl (C=O) groups is 2. The Hall–Kier alpha value is -2.05. The molecule has 0 aliphatic heterocycles. The molecule has 1 aromatic rings. The standard InChI is InChI=1S/C12H13F3N2O2/c1-8-4-2-3-5-9(8)10(18)16-6-7-17-11(19)12(13,14)15/h2-5H,6-7H2,1H3,(H,16,18)(H,17,19). The summed E-state index contributed by atoms with van der Waals surface area (Å²) >= 11 is 0. The second kappa shape index (κ2) is 6.21. The number of rotatable bonds is 4. The molecule has 0 aromatic heterocycles. The number of aryl methyl sites for hydroxylation is 1. The third-order valence-electron chi connectivity index (χ3n) is 2.34. The van der Waals surface area contributed by atoms with Gasteiger partial charge < -0.3 is 10.6 Å². The predicted octanol–water partition coefficient (Wildman–Crippen LogP) is 1.40. The van der Waals surface area contributed by atoms with Gasteiger partial charge in [0.15, 0.2) is 0 Å². The molecule has 1 aromatic carbocycles. The number of hydrogen-bond acceptors (Lipinski definition) is 2. The van der Waals surface area contributed by atoms with Crippen LogP contribution >= 0.6 is 0 Å². The van der Waals surface area contributed by atoms with Gasteiger partial charge in [-0.15, -0.1) is 0 Å². The molecule has 2 amide bonds. The topological polar surface area (TPSA) is 58.2 Å². The van der Waals surface area contributed by atoms with Crippen LogP contribution in [0.25, 0.3) is 0 Å². The summed E-state index contributed by atoms with van der Waals surface area (Å²) < 4.78 is 35.6. The van der Waals surface area contributed by atoms with Crippen molar-refractivity contribution in [1.29, 1.82) is 0 Å². The highest BCUT2D eigenvalue weighted by Gasteiger charge is 2.38. The molecule has 4 nitrogen and oxygen atoms in total. The molecule has 0 bridgehead atoms. The Morgan fingerprint density at radius 3 is 2.26 bits per heavy atom. The second-order valence-corrected chi connectivity index (χ2v) is 3.82. The molecule has 104 valence electrons. The molecule has 0 saturated carbocycles. The third-order valence-corrected chi connectivity index (χ3v) is 2.34. The average Bonchev–Trinajstić information content (AvgIpc) is 2.33. The Labute approximate surface area is 108 Å². The van der Waals surface area contributed by atoms with Crippen LogP contribution in [0.4, 0.5) is 13.2 Å². The minimum atomic E-state index is -4.90. The van der Waals surface area contributed by atoms with E-state index in [0.29, 0.717) is 5.56 Å². The van der Waals surface area contributed by atoms with Crippen LogP contribution in [0.5, 0.6) is 0 Å². The van der Waals surface area contributed by atoms with E-state index in [-0.39, 0.29) is 19.0 Å². The molecule has 2 N–H and O–H groups in total. The van der Waals surface area contributed by atoms with Gasteiger partial charge in [-0.3, -0.25) is 9.59 Å². The van der Waals surface area contributed by atoms with Crippen molar-refractivity contribution in [3.8, 4) is 0 Å². The number of carbonyl (C=O) groups excluding carboxylic acids is 2. The van der Waals surface area contributed by atoms with Crippen LogP contribution in [0.15, 0.2) is 24.3 Å². The lowest BCUT2D eigenvalue weighted by atomic mass is 10.1. The smallest absolute Gasteiger partial charge is 0.350 e. The molecule has 0 radical (unpaired) electrons. The van der Waals surface area contributed by atoms with Crippen LogP contribution in [-0.2, 0) is 4.79 Å². The molecule has 19 heavy (non-hydrogen) atoms. The van der Waals surface area contributed by atoms with E-state index in [1.807, 2.05) is 0 Å². The number of hydrogen-bond donors (Lipinski definition) is 2. The summed E-state index contributed by atoms with van der Waals surface area (Å²) in [6, 6.07) is 6.82. The SMILES string of the molecule is Cc1ccccc1C(=O)NCCNC(=O)C(F)(F)F. The van der Waals surface area contributed by atoms with Crippen molar-refractivity contribution in [2.45, 2.75) is 13.1 Å². The molecule has 0 spiro atoms. The summed E-state index contributed by atoms with van der Waals surface area (Å²) in [4.78, 5) is 22.1. The van der Waals surface area contributed by atoms with Crippen molar-refractivity contribution in [3.63, 3.8) is 0 Å². The van der Waals surface area contributed by atoms with Gasteiger partial charge in [-0.25, -0.2) is 0 Å². The highest BCUT2D eigenvalue weighted by molar-refractivity contribution is 5.95. The Bertz CT molecular complexity index is 472. The summed E-state index contributed by atoms with van der Waals surface area (Å²) in [5, 5.41) is 4.09. The number of benzene rings is 1. The Morgan fingerprint density at radius 2 is 1.68 bits per heavy atom. The van der Waals surface area contributed by atoms with Gasteiger partial charge in [-0.05, 0) is 18.6 Å². The molecule has 7 heteroatoms. The first-order valence-electron chi connectivity index (χ1n) is 5.51. The highest BCUT2D eigenvalue weighted by Crippen LogP contribution is 2.13. The average molecular weight is 274 g/mol. The van der Waals surface area contributed by atoms with Crippen molar-refractivity contribution < 1.29 is 22.8 Å². The lowest BCUT2D eigenvalue weighted by molar-refractivity contribution is -0.173. The van der Waals surface area contributed by atoms with Gasteiger partial charge in [-0.2, -0.15) is 13.2 Å². The van der Waals surface area contributed by atoms with Gasteiger partial charge in [0.2, 0.25) is 0 Å². The van der Waals surface area contributed by atoms with E-state index in [1.165, 1.54) is 0 Å². The predicted molar refractivity (Wildman–Crippen MR) is 62.6 cm³/mol. The Morgan fingerprint density at radius 1 is 1.11 bits per heavy atom. The van der Waals surface area contributed by atoms with Gasteiger partial charge in [0.1, 0.15) is 0 Å². The lowest BCUT2D eigenvalue weighted by Crippen LogP contribution is -2.41. The summed E-state index contributed by atoms with van der Waals surface area (Å²) in [5.74, 6) is -2.41. The van der Waals surface area contributed by atoms with E-state index in [4.69, 9.17) is 0 Å². The molecule has 0 saturated heterocycles. The zero-order chi connectivity index (χ0) is 14.5. The van der Waals surface area contributed by atoms with E-state index < -0.39 is 12.1 Å². The molecule has 0 unspecified atom stereocenters. The summed E-state index contributed by atoms with van der Waals surface area (Å²) in [5.41, 5.74) is 1.21. The van der Waals surface area contributed by atoms with Crippen LogP contribution < -0.4 is 10.6 Å². The third kappa shape index (κ3) is 4.61. The van der Waals surface area contributed by atoms with Gasteiger partial charge in [0.05, 0.1) is 0 Å². The maximum absolute atomic E-state index is 11.9. The van der Waals surface area contributed by atoms with Crippen molar-refractivity contribution in [3.05, 3.63) is 35.4 Å². The first kappa shape index (κ1) is 15.0. The van der Waals surface area contributed by atoms with Crippen molar-refractivity contribution in [2.24, 2.45) is 0 Å². The summed E-state index contributed by atoms with van der Waals surface area (Å²) in [6.45, 7) is 1.39. The first-order valence-corrected chi connectivity index (χ1v) is 5.51. The molecule has 0 fully saturated rings. The molecule has 0 aliphatic rings. The monoisotopic (exact) mass is 274 g/mol. The normalized spacial score (nSPS) is 10.9. The van der Waals surface area contributed by atoms with E-state index in [0.717, 1.165) is 5.56 Å². The van der Waals surface area contributed by atoms with Crippen molar-refractivity contribution >= 4 is 11.8 Å². The second-order valence-electron chi connectivity index (χ2n) is 3.82. The van der Waals surface area contributed by atoms with Crippen LogP contribution in [0, 0.1) is 6.92 Å². The van der Waals surface area contributed by atoms with Crippen molar-refractivity contribution in [1.82, 2.24) is 10.6 Å². The molecule has 1 rings (SSSR count). The van der Waals surface area contributed by atoms with Gasteiger partial charge >= 0.3 is 12.1 Å². The zero-order valence-electron chi connectivity index (χ0n) is 10.2. The fourth-order valence-corrected chi connectivity index (χ4v) is 1.38. The van der Waals surface area contributed by atoms with Crippen molar-refractivity contribution in [2.75, 3.05) is 13.1 Å². The van der Waals surface area contributed by atoms with Crippen LogP contribution in [0.2, 0.25) is 0 Å². The lowest BCUT2D eigenvalue weighted by Gasteiger charge is -2.09. The maximum Gasteiger partial charge on any atom is 0.471 e. The molecule has 0 heterocycles. The molecular formula is C12H13F3N2O2. The van der Waals surface area contributed by atoms with Gasteiger partial charge in [0.25, 0.3) is 5.91 Å². The maximum atomic E-state index is 11.9. The molecular weight excluding hydrogens is 261 g/mol. The number of nitrogens with one attached hydrogen (secondary N) is 2. The van der Waals surface area contributed by atoms with E-state index in [9.17, 15) is 22.8 Å². The van der Waals surface area contributed by atoms with Crippen LogP contribution in [-0.4, -0.2) is 31.1 Å². The highest BCUT2D eigenvalue weighted by atomic mass is 19.4. The number of amides is 2.